The Hall–Kier alpha value is -4.63. The Balaban J connectivity index is 1.42. The summed E-state index contributed by atoms with van der Waals surface area (Å²) in [6, 6.07) is 36.3. The van der Waals surface area contributed by atoms with Gasteiger partial charge in [0.2, 0.25) is 17.3 Å². The van der Waals surface area contributed by atoms with Gasteiger partial charge in [-0.2, -0.15) is 4.58 Å². The van der Waals surface area contributed by atoms with Crippen LogP contribution in [0.5, 0.6) is 5.75 Å². The van der Waals surface area contributed by atoms with Gasteiger partial charge in [-0.1, -0.05) is 84.9 Å². The van der Waals surface area contributed by atoms with Crippen LogP contribution < -0.4 is 9.64 Å². The van der Waals surface area contributed by atoms with Crippen LogP contribution >= 0.6 is 0 Å². The lowest BCUT2D eigenvalue weighted by molar-refractivity contribution is -0.399. The minimum Gasteiger partial charge on any atom is -0.438 e. The molecule has 0 atom stereocenters. The number of fused-ring (bicyclic) bond motifs is 6. The SMILES string of the molecule is CN1/C(=C/C2=[N+](C)c3ccc4ccccc4c3/C2=C/c2ccccc2)Oc2c1ccc1ccccc21. The summed E-state index contributed by atoms with van der Waals surface area (Å²) >= 11 is 0. The van der Waals surface area contributed by atoms with E-state index in [1.165, 1.54) is 38.5 Å². The highest BCUT2D eigenvalue weighted by atomic mass is 16.5. The number of rotatable bonds is 2. The highest BCUT2D eigenvalue weighted by Gasteiger charge is 2.35. The van der Waals surface area contributed by atoms with Crippen molar-refractivity contribution >= 4 is 50.3 Å². The average Bonchev–Trinajstić information content (AvgIpc) is 3.39. The third-order valence-electron chi connectivity index (χ3n) is 7.30. The molecule has 2 aliphatic heterocycles. The fourth-order valence-electron chi connectivity index (χ4n) is 5.44. The number of ether oxygens (including phenoxy) is 1. The van der Waals surface area contributed by atoms with Crippen molar-refractivity contribution in [1.29, 1.82) is 0 Å². The highest BCUT2D eigenvalue weighted by molar-refractivity contribution is 6.36. The van der Waals surface area contributed by atoms with Crippen molar-refractivity contribution in [2.75, 3.05) is 19.0 Å². The molecule has 0 N–H and O–H groups in total. The summed E-state index contributed by atoms with van der Waals surface area (Å²) in [4.78, 5) is 2.14. The van der Waals surface area contributed by atoms with E-state index in [9.17, 15) is 0 Å². The van der Waals surface area contributed by atoms with Crippen molar-refractivity contribution in [2.24, 2.45) is 0 Å². The number of anilines is 1. The Morgan fingerprint density at radius 2 is 1.36 bits per heavy atom. The fourth-order valence-corrected chi connectivity index (χ4v) is 5.44. The first-order valence-electron chi connectivity index (χ1n) is 12.2. The maximum Gasteiger partial charge on any atom is 0.219 e. The van der Waals surface area contributed by atoms with Crippen molar-refractivity contribution in [1.82, 2.24) is 0 Å². The van der Waals surface area contributed by atoms with Crippen molar-refractivity contribution in [3.8, 4) is 5.75 Å². The summed E-state index contributed by atoms with van der Waals surface area (Å²) in [7, 11) is 4.22. The zero-order chi connectivity index (χ0) is 24.2. The van der Waals surface area contributed by atoms with Crippen molar-refractivity contribution in [3.05, 3.63) is 126 Å². The van der Waals surface area contributed by atoms with Gasteiger partial charge in [-0.15, -0.1) is 0 Å². The van der Waals surface area contributed by atoms with E-state index in [1.807, 2.05) is 0 Å². The first-order chi connectivity index (χ1) is 17.7. The zero-order valence-electron chi connectivity index (χ0n) is 20.3. The molecule has 0 amide bonds. The van der Waals surface area contributed by atoms with Crippen LogP contribution in [0.2, 0.25) is 0 Å². The van der Waals surface area contributed by atoms with Gasteiger partial charge in [-0.3, -0.25) is 0 Å². The quantitative estimate of drug-likeness (QED) is 0.249. The summed E-state index contributed by atoms with van der Waals surface area (Å²) in [6.45, 7) is 0. The van der Waals surface area contributed by atoms with E-state index in [0.29, 0.717) is 0 Å². The Morgan fingerprint density at radius 3 is 2.17 bits per heavy atom. The molecule has 36 heavy (non-hydrogen) atoms. The molecule has 0 fully saturated rings. The predicted molar refractivity (Wildman–Crippen MR) is 150 cm³/mol. The Bertz CT molecular complexity index is 1780. The first kappa shape index (κ1) is 20.7. The van der Waals surface area contributed by atoms with Crippen molar-refractivity contribution in [3.63, 3.8) is 0 Å². The third kappa shape index (κ3) is 3.10. The van der Waals surface area contributed by atoms with Gasteiger partial charge in [0.05, 0.1) is 22.9 Å². The molecule has 0 radical (unpaired) electrons. The number of nitrogens with zero attached hydrogens (tertiary/aromatic N) is 2. The van der Waals surface area contributed by atoms with Gasteiger partial charge in [0.15, 0.2) is 5.75 Å². The normalized spacial score (nSPS) is 16.8. The van der Waals surface area contributed by atoms with E-state index in [2.05, 4.69) is 139 Å². The monoisotopic (exact) mass is 465 g/mol. The fraction of sp³-hybridized carbons (Fsp3) is 0.0606. The number of hydrogen-bond acceptors (Lipinski definition) is 2. The summed E-state index contributed by atoms with van der Waals surface area (Å²) in [5, 5.41) is 4.81. The zero-order valence-corrected chi connectivity index (χ0v) is 20.3. The number of hydrogen-bond donors (Lipinski definition) is 0. The van der Waals surface area contributed by atoms with Gasteiger partial charge in [0, 0.05) is 18.5 Å². The molecule has 5 aromatic rings. The Labute approximate surface area is 210 Å². The molecule has 0 aliphatic carbocycles. The molecule has 3 heteroatoms. The molecule has 172 valence electrons. The van der Waals surface area contributed by atoms with Crippen LogP contribution in [-0.2, 0) is 0 Å². The number of benzene rings is 5. The number of allylic oxidation sites excluding steroid dienone is 2. The standard InChI is InChI=1S/C33H25N2O/c1-34-28-18-16-23-12-6-8-14-25(23)32(28)27(20-22-10-4-3-5-11-22)30(34)21-31-35(2)29-19-17-24-13-7-9-15-26(24)33(29)36-31/h3-21H,1-2H3/q+1/b27-20+. The third-order valence-corrected chi connectivity index (χ3v) is 7.30. The van der Waals surface area contributed by atoms with Gasteiger partial charge in [-0.25, -0.2) is 0 Å². The predicted octanol–water partition coefficient (Wildman–Crippen LogP) is 7.63. The molecule has 0 spiro atoms. The highest BCUT2D eigenvalue weighted by Crippen LogP contribution is 2.45. The second kappa shape index (κ2) is 7.96. The summed E-state index contributed by atoms with van der Waals surface area (Å²) < 4.78 is 8.82. The van der Waals surface area contributed by atoms with Gasteiger partial charge >= 0.3 is 0 Å². The molecule has 0 bridgehead atoms. The van der Waals surface area contributed by atoms with Crippen LogP contribution in [-0.4, -0.2) is 24.4 Å². The largest absolute Gasteiger partial charge is 0.438 e. The minimum atomic E-state index is 0.819. The van der Waals surface area contributed by atoms with Crippen LogP contribution in [0, 0.1) is 0 Å². The molecule has 0 unspecified atom stereocenters. The summed E-state index contributed by atoms with van der Waals surface area (Å²) in [5.41, 5.74) is 7.02. The molecule has 5 aromatic carbocycles. The minimum absolute atomic E-state index is 0.819. The van der Waals surface area contributed by atoms with Crippen LogP contribution in [0.3, 0.4) is 0 Å². The van der Waals surface area contributed by atoms with E-state index in [0.717, 1.165) is 28.4 Å². The van der Waals surface area contributed by atoms with Crippen molar-refractivity contribution < 1.29 is 9.31 Å². The maximum absolute atomic E-state index is 6.54. The van der Waals surface area contributed by atoms with Gasteiger partial charge in [-0.05, 0) is 39.9 Å². The van der Waals surface area contributed by atoms with Crippen LogP contribution in [0.1, 0.15) is 11.1 Å². The molecule has 2 aliphatic rings. The van der Waals surface area contributed by atoms with Crippen LogP contribution in [0.25, 0.3) is 33.2 Å². The first-order valence-corrected chi connectivity index (χ1v) is 12.2. The van der Waals surface area contributed by atoms with Crippen molar-refractivity contribution in [2.45, 2.75) is 0 Å². The lowest BCUT2D eigenvalue weighted by atomic mass is 9.94. The molecule has 7 rings (SSSR count). The second-order valence-electron chi connectivity index (χ2n) is 9.37. The molecule has 2 heterocycles. The summed E-state index contributed by atoms with van der Waals surface area (Å²) in [5.74, 6) is 1.74. The molecule has 0 saturated heterocycles. The van der Waals surface area contributed by atoms with Gasteiger partial charge in [0.1, 0.15) is 7.05 Å². The molecule has 3 nitrogen and oxygen atoms in total. The lowest BCUT2D eigenvalue weighted by Crippen LogP contribution is -2.16. The van der Waals surface area contributed by atoms with Crippen LogP contribution in [0.15, 0.2) is 115 Å². The average molecular weight is 466 g/mol. The van der Waals surface area contributed by atoms with E-state index >= 15 is 0 Å². The second-order valence-corrected chi connectivity index (χ2v) is 9.37. The topological polar surface area (TPSA) is 15.5 Å². The summed E-state index contributed by atoms with van der Waals surface area (Å²) in [6.07, 6.45) is 4.47. The molecular weight excluding hydrogens is 440 g/mol. The van der Waals surface area contributed by atoms with E-state index in [-0.39, 0.29) is 0 Å². The van der Waals surface area contributed by atoms with E-state index in [4.69, 9.17) is 4.74 Å². The maximum atomic E-state index is 6.54. The molecule has 0 saturated carbocycles. The molecule has 0 aromatic heterocycles. The lowest BCUT2D eigenvalue weighted by Gasteiger charge is -2.10. The Morgan fingerprint density at radius 1 is 0.694 bits per heavy atom. The van der Waals surface area contributed by atoms with Gasteiger partial charge in [0.25, 0.3) is 0 Å². The smallest absolute Gasteiger partial charge is 0.219 e. The molecular formula is C33H25N2O+. The van der Waals surface area contributed by atoms with E-state index < -0.39 is 0 Å². The Kier molecular flexibility index (Phi) is 4.58. The van der Waals surface area contributed by atoms with Crippen LogP contribution in [0.4, 0.5) is 11.4 Å². The van der Waals surface area contributed by atoms with Gasteiger partial charge < -0.3 is 9.64 Å². The van der Waals surface area contributed by atoms with E-state index in [1.54, 1.807) is 0 Å².